The van der Waals surface area contributed by atoms with Gasteiger partial charge in [0.05, 0.1) is 11.0 Å². The summed E-state index contributed by atoms with van der Waals surface area (Å²) in [6.07, 6.45) is 0.835. The van der Waals surface area contributed by atoms with Crippen LogP contribution in [0.1, 0.15) is 23.7 Å². The summed E-state index contributed by atoms with van der Waals surface area (Å²) in [6, 6.07) is 4.12. The second kappa shape index (κ2) is 7.23. The maximum Gasteiger partial charge on any atom is 0.254 e. The van der Waals surface area contributed by atoms with Crippen molar-refractivity contribution in [1.29, 1.82) is 0 Å². The molecule has 0 saturated carbocycles. The maximum absolute atomic E-state index is 13.3. The molecule has 0 aliphatic rings. The number of likely N-dealkylation sites (N-methyl/N-ethyl adjacent to an activating group) is 1. The van der Waals surface area contributed by atoms with Gasteiger partial charge >= 0.3 is 0 Å². The minimum Gasteiger partial charge on any atom is -0.355 e. The molecule has 6 heteroatoms. The zero-order valence-electron chi connectivity index (χ0n) is 10.9. The first-order valence-corrected chi connectivity index (χ1v) is 6.72. The number of nitrogens with one attached hydrogen (secondary N) is 1. The van der Waals surface area contributed by atoms with Crippen molar-refractivity contribution in [2.45, 2.75) is 13.3 Å². The molecule has 0 aliphatic carbocycles. The Bertz CT molecular complexity index is 480. The molecule has 0 fully saturated rings. The van der Waals surface area contributed by atoms with E-state index < -0.39 is 11.7 Å². The summed E-state index contributed by atoms with van der Waals surface area (Å²) in [5.74, 6) is -1.12. The lowest BCUT2D eigenvalue weighted by Crippen LogP contribution is -2.38. The van der Waals surface area contributed by atoms with Crippen LogP contribution in [0.2, 0.25) is 0 Å². The number of amides is 2. The van der Waals surface area contributed by atoms with Gasteiger partial charge in [-0.05, 0) is 40.5 Å². The second-order valence-corrected chi connectivity index (χ2v) is 4.99. The van der Waals surface area contributed by atoms with Gasteiger partial charge in [0.1, 0.15) is 5.82 Å². The Labute approximate surface area is 120 Å². The maximum atomic E-state index is 13.3. The van der Waals surface area contributed by atoms with Crippen LogP contribution in [0.5, 0.6) is 0 Å². The number of carbonyl (C=O) groups excluding carboxylic acids is 2. The molecule has 104 valence electrons. The van der Waals surface area contributed by atoms with Gasteiger partial charge in [0, 0.05) is 19.2 Å². The molecule has 0 heterocycles. The van der Waals surface area contributed by atoms with Crippen LogP contribution in [0.3, 0.4) is 0 Å². The Morgan fingerprint density at radius 3 is 2.68 bits per heavy atom. The summed E-state index contributed by atoms with van der Waals surface area (Å²) in [6.45, 7) is 2.48. The van der Waals surface area contributed by atoms with Crippen molar-refractivity contribution in [3.8, 4) is 0 Å². The van der Waals surface area contributed by atoms with Crippen LogP contribution in [0, 0.1) is 5.82 Å². The third kappa shape index (κ3) is 4.63. The lowest BCUT2D eigenvalue weighted by atomic mass is 10.2. The van der Waals surface area contributed by atoms with Gasteiger partial charge in [0.25, 0.3) is 5.91 Å². The van der Waals surface area contributed by atoms with Crippen molar-refractivity contribution < 1.29 is 14.0 Å². The molecular formula is C13H16BrFN2O2. The van der Waals surface area contributed by atoms with Crippen LogP contribution < -0.4 is 5.32 Å². The van der Waals surface area contributed by atoms with Crippen molar-refractivity contribution in [3.63, 3.8) is 0 Å². The van der Waals surface area contributed by atoms with Crippen LogP contribution in [0.4, 0.5) is 4.39 Å². The third-order valence-corrected chi connectivity index (χ3v) is 3.11. The fourth-order valence-corrected chi connectivity index (χ4v) is 1.70. The quantitative estimate of drug-likeness (QED) is 0.899. The van der Waals surface area contributed by atoms with Gasteiger partial charge in [-0.25, -0.2) is 4.39 Å². The Morgan fingerprint density at radius 2 is 2.11 bits per heavy atom. The molecule has 2 amide bonds. The largest absolute Gasteiger partial charge is 0.355 e. The highest BCUT2D eigenvalue weighted by Crippen LogP contribution is 2.17. The molecule has 19 heavy (non-hydrogen) atoms. The fourth-order valence-electron chi connectivity index (χ4n) is 1.46. The zero-order chi connectivity index (χ0) is 14.4. The lowest BCUT2D eigenvalue weighted by molar-refractivity contribution is -0.121. The van der Waals surface area contributed by atoms with E-state index in [1.807, 2.05) is 6.92 Å². The summed E-state index contributed by atoms with van der Waals surface area (Å²) < 4.78 is 13.6. The molecule has 1 aromatic rings. The Morgan fingerprint density at radius 1 is 1.42 bits per heavy atom. The van der Waals surface area contributed by atoms with Crippen LogP contribution in [-0.4, -0.2) is 36.9 Å². The molecule has 1 N–H and O–H groups in total. The first kappa shape index (κ1) is 15.6. The number of benzene rings is 1. The molecule has 4 nitrogen and oxygen atoms in total. The summed E-state index contributed by atoms with van der Waals surface area (Å²) in [5, 5.41) is 2.68. The van der Waals surface area contributed by atoms with Gasteiger partial charge in [-0.2, -0.15) is 0 Å². The number of halogens is 2. The number of hydrogen-bond acceptors (Lipinski definition) is 2. The Balaban J connectivity index is 2.66. The average Bonchev–Trinajstić information content (AvgIpc) is 2.38. The predicted octanol–water partition coefficient (Wildman–Crippen LogP) is 2.19. The summed E-state index contributed by atoms with van der Waals surface area (Å²) in [5.41, 5.74) is 0.214. The SMILES string of the molecule is CCCNC(=O)CN(C)C(=O)c1ccc(Br)c(F)c1. The van der Waals surface area contributed by atoms with E-state index in [0.29, 0.717) is 11.0 Å². The van der Waals surface area contributed by atoms with Crippen molar-refractivity contribution in [3.05, 3.63) is 34.1 Å². The molecule has 0 unspecified atom stereocenters. The minimum absolute atomic E-state index is 0.0451. The van der Waals surface area contributed by atoms with E-state index in [-0.39, 0.29) is 18.0 Å². The highest BCUT2D eigenvalue weighted by Gasteiger charge is 2.15. The van der Waals surface area contributed by atoms with Gasteiger partial charge in [-0.1, -0.05) is 6.92 Å². The topological polar surface area (TPSA) is 49.4 Å². The van der Waals surface area contributed by atoms with E-state index in [4.69, 9.17) is 0 Å². The Hall–Kier alpha value is -1.43. The molecule has 0 saturated heterocycles. The van der Waals surface area contributed by atoms with Crippen LogP contribution >= 0.6 is 15.9 Å². The van der Waals surface area contributed by atoms with Gasteiger partial charge in [0.15, 0.2) is 0 Å². The van der Waals surface area contributed by atoms with Crippen molar-refractivity contribution in [1.82, 2.24) is 10.2 Å². The van der Waals surface area contributed by atoms with E-state index in [2.05, 4.69) is 21.2 Å². The minimum atomic E-state index is -0.505. The standard InChI is InChI=1S/C13H16BrFN2O2/c1-3-6-16-12(18)8-17(2)13(19)9-4-5-10(14)11(15)7-9/h4-5,7H,3,6,8H2,1-2H3,(H,16,18). The van der Waals surface area contributed by atoms with E-state index >= 15 is 0 Å². The third-order valence-electron chi connectivity index (χ3n) is 2.47. The summed E-state index contributed by atoms with van der Waals surface area (Å²) >= 11 is 3.02. The number of carbonyl (C=O) groups is 2. The molecule has 0 bridgehead atoms. The number of rotatable bonds is 5. The first-order valence-electron chi connectivity index (χ1n) is 5.93. The summed E-state index contributed by atoms with van der Waals surface area (Å²) in [7, 11) is 1.51. The van der Waals surface area contributed by atoms with Gasteiger partial charge in [-0.3, -0.25) is 9.59 Å². The van der Waals surface area contributed by atoms with Gasteiger partial charge < -0.3 is 10.2 Å². The van der Waals surface area contributed by atoms with Crippen LogP contribution in [0.15, 0.2) is 22.7 Å². The monoisotopic (exact) mass is 330 g/mol. The number of nitrogens with zero attached hydrogens (tertiary/aromatic N) is 1. The molecule has 0 atom stereocenters. The highest BCUT2D eigenvalue weighted by atomic mass is 79.9. The Kier molecular flexibility index (Phi) is 5.95. The van der Waals surface area contributed by atoms with Gasteiger partial charge in [0.2, 0.25) is 5.91 Å². The molecule has 0 aromatic heterocycles. The highest BCUT2D eigenvalue weighted by molar-refractivity contribution is 9.10. The molecular weight excluding hydrogens is 315 g/mol. The van der Waals surface area contributed by atoms with Crippen molar-refractivity contribution in [2.75, 3.05) is 20.1 Å². The second-order valence-electron chi connectivity index (χ2n) is 4.14. The van der Waals surface area contributed by atoms with E-state index in [9.17, 15) is 14.0 Å². The summed E-state index contributed by atoms with van der Waals surface area (Å²) in [4.78, 5) is 24.7. The average molecular weight is 331 g/mol. The van der Waals surface area contributed by atoms with E-state index in [0.717, 1.165) is 12.5 Å². The van der Waals surface area contributed by atoms with E-state index in [1.54, 1.807) is 0 Å². The van der Waals surface area contributed by atoms with Crippen molar-refractivity contribution in [2.24, 2.45) is 0 Å². The molecule has 1 aromatic carbocycles. The van der Waals surface area contributed by atoms with Crippen LogP contribution in [-0.2, 0) is 4.79 Å². The smallest absolute Gasteiger partial charge is 0.254 e. The first-order chi connectivity index (χ1) is 8.95. The lowest BCUT2D eigenvalue weighted by Gasteiger charge is -2.16. The molecule has 1 rings (SSSR count). The predicted molar refractivity (Wildman–Crippen MR) is 74.4 cm³/mol. The normalized spacial score (nSPS) is 10.1. The van der Waals surface area contributed by atoms with Gasteiger partial charge in [-0.15, -0.1) is 0 Å². The molecule has 0 spiro atoms. The van der Waals surface area contributed by atoms with Crippen molar-refractivity contribution >= 4 is 27.7 Å². The number of hydrogen-bond donors (Lipinski definition) is 1. The van der Waals surface area contributed by atoms with E-state index in [1.165, 1.54) is 24.1 Å². The molecule has 0 radical (unpaired) electrons. The zero-order valence-corrected chi connectivity index (χ0v) is 12.5. The molecule has 0 aliphatic heterocycles. The van der Waals surface area contributed by atoms with Crippen LogP contribution in [0.25, 0.3) is 0 Å². The fraction of sp³-hybridized carbons (Fsp3) is 0.385.